The SMILES string of the molecule is O=c1ncc([N+](=O)[O-])cn1Cc1ccc(Cl)nc1Cl. The van der Waals surface area contributed by atoms with Gasteiger partial charge < -0.3 is 0 Å². The second-order valence-electron chi connectivity index (χ2n) is 3.56. The molecule has 0 aliphatic rings. The Morgan fingerprint density at radius 1 is 1.37 bits per heavy atom. The van der Waals surface area contributed by atoms with Crippen LogP contribution in [0.5, 0.6) is 0 Å². The molecule has 0 N–H and O–H groups in total. The van der Waals surface area contributed by atoms with Crippen LogP contribution in [0.4, 0.5) is 5.69 Å². The topological polar surface area (TPSA) is 90.9 Å². The molecule has 0 saturated heterocycles. The molecule has 0 aliphatic carbocycles. The van der Waals surface area contributed by atoms with E-state index in [1.54, 1.807) is 6.07 Å². The fourth-order valence-corrected chi connectivity index (χ4v) is 1.80. The summed E-state index contributed by atoms with van der Waals surface area (Å²) in [6.45, 7) is 0.0243. The predicted molar refractivity (Wildman–Crippen MR) is 68.5 cm³/mol. The molecule has 0 fully saturated rings. The van der Waals surface area contributed by atoms with Crippen molar-refractivity contribution in [2.75, 3.05) is 0 Å². The van der Waals surface area contributed by atoms with Crippen LogP contribution in [0.15, 0.2) is 29.3 Å². The van der Waals surface area contributed by atoms with Crippen molar-refractivity contribution in [1.82, 2.24) is 14.5 Å². The van der Waals surface area contributed by atoms with E-state index in [1.165, 1.54) is 6.07 Å². The summed E-state index contributed by atoms with van der Waals surface area (Å²) < 4.78 is 1.08. The second kappa shape index (κ2) is 5.33. The molecule has 2 heterocycles. The normalized spacial score (nSPS) is 10.4. The second-order valence-corrected chi connectivity index (χ2v) is 4.31. The molecular formula is C10H6Cl2N4O3. The third-order valence-electron chi connectivity index (χ3n) is 2.28. The van der Waals surface area contributed by atoms with Crippen LogP contribution in [0, 0.1) is 10.1 Å². The van der Waals surface area contributed by atoms with Crippen molar-refractivity contribution in [2.45, 2.75) is 6.54 Å². The van der Waals surface area contributed by atoms with E-state index in [-0.39, 0.29) is 22.5 Å². The average Bonchev–Trinajstić information content (AvgIpc) is 2.34. The summed E-state index contributed by atoms with van der Waals surface area (Å²) >= 11 is 11.5. The number of nitrogens with zero attached hydrogens (tertiary/aromatic N) is 4. The smallest absolute Gasteiger partial charge is 0.288 e. The molecule has 0 aliphatic heterocycles. The van der Waals surface area contributed by atoms with Gasteiger partial charge in [0.25, 0.3) is 0 Å². The van der Waals surface area contributed by atoms with Gasteiger partial charge in [0, 0.05) is 5.56 Å². The van der Waals surface area contributed by atoms with Crippen molar-refractivity contribution in [3.8, 4) is 0 Å². The van der Waals surface area contributed by atoms with Gasteiger partial charge in [-0.05, 0) is 6.07 Å². The number of halogens is 2. The molecule has 2 aromatic heterocycles. The maximum Gasteiger partial charge on any atom is 0.348 e. The highest BCUT2D eigenvalue weighted by molar-refractivity contribution is 6.32. The Hall–Kier alpha value is -1.99. The van der Waals surface area contributed by atoms with Gasteiger partial charge in [0.05, 0.1) is 17.7 Å². The molecule has 0 unspecified atom stereocenters. The fraction of sp³-hybridized carbons (Fsp3) is 0.100. The van der Waals surface area contributed by atoms with Gasteiger partial charge in [0.2, 0.25) is 0 Å². The Balaban J connectivity index is 2.40. The van der Waals surface area contributed by atoms with Gasteiger partial charge in [-0.2, -0.15) is 4.98 Å². The Morgan fingerprint density at radius 2 is 2.11 bits per heavy atom. The summed E-state index contributed by atoms with van der Waals surface area (Å²) in [5, 5.41) is 11.0. The van der Waals surface area contributed by atoms with E-state index >= 15 is 0 Å². The van der Waals surface area contributed by atoms with E-state index in [9.17, 15) is 14.9 Å². The van der Waals surface area contributed by atoms with Crippen LogP contribution in [0.3, 0.4) is 0 Å². The molecule has 0 radical (unpaired) electrons. The number of aromatic nitrogens is 3. The van der Waals surface area contributed by atoms with Crippen LogP contribution >= 0.6 is 23.2 Å². The first-order valence-corrected chi connectivity index (χ1v) is 5.75. The predicted octanol–water partition coefficient (Wildman–Crippen LogP) is 1.90. The summed E-state index contributed by atoms with van der Waals surface area (Å²) in [6, 6.07) is 3.10. The molecule has 9 heteroatoms. The number of nitro groups is 1. The fourth-order valence-electron chi connectivity index (χ4n) is 1.39. The Morgan fingerprint density at radius 3 is 2.74 bits per heavy atom. The summed E-state index contributed by atoms with van der Waals surface area (Å²) in [5.41, 5.74) is -0.385. The molecular weight excluding hydrogens is 295 g/mol. The van der Waals surface area contributed by atoms with E-state index in [0.29, 0.717) is 5.56 Å². The Kier molecular flexibility index (Phi) is 3.77. The zero-order chi connectivity index (χ0) is 14.0. The van der Waals surface area contributed by atoms with Crippen LogP contribution in [0.1, 0.15) is 5.56 Å². The van der Waals surface area contributed by atoms with Crippen LogP contribution in [-0.2, 0) is 6.54 Å². The van der Waals surface area contributed by atoms with Crippen LogP contribution < -0.4 is 5.69 Å². The third kappa shape index (κ3) is 3.07. The van der Waals surface area contributed by atoms with Crippen molar-refractivity contribution >= 4 is 28.9 Å². The molecule has 0 amide bonds. The lowest BCUT2D eigenvalue weighted by Crippen LogP contribution is -2.23. The van der Waals surface area contributed by atoms with Crippen LogP contribution in [0.25, 0.3) is 0 Å². The molecule has 0 aromatic carbocycles. The molecule has 0 saturated carbocycles. The Bertz CT molecular complexity index is 701. The minimum absolute atomic E-state index is 0.0243. The zero-order valence-corrected chi connectivity index (χ0v) is 10.8. The largest absolute Gasteiger partial charge is 0.348 e. The van der Waals surface area contributed by atoms with Crippen LogP contribution in [0.2, 0.25) is 10.3 Å². The summed E-state index contributed by atoms with van der Waals surface area (Å²) in [5.74, 6) is 0. The Labute approximate surface area is 116 Å². The van der Waals surface area contributed by atoms with E-state index in [1.807, 2.05) is 0 Å². The minimum Gasteiger partial charge on any atom is -0.288 e. The van der Waals surface area contributed by atoms with E-state index < -0.39 is 10.6 Å². The molecule has 2 rings (SSSR count). The number of pyridine rings is 1. The maximum atomic E-state index is 11.5. The van der Waals surface area contributed by atoms with Crippen molar-refractivity contribution in [2.24, 2.45) is 0 Å². The number of rotatable bonds is 3. The lowest BCUT2D eigenvalue weighted by atomic mass is 10.3. The minimum atomic E-state index is -0.634. The highest BCUT2D eigenvalue weighted by Gasteiger charge is 2.11. The quantitative estimate of drug-likeness (QED) is 0.490. The highest BCUT2D eigenvalue weighted by Crippen LogP contribution is 2.17. The van der Waals surface area contributed by atoms with Gasteiger partial charge in [0.15, 0.2) is 0 Å². The van der Waals surface area contributed by atoms with Crippen molar-refractivity contribution in [1.29, 1.82) is 0 Å². The van der Waals surface area contributed by atoms with E-state index in [0.717, 1.165) is 17.0 Å². The molecule has 0 atom stereocenters. The summed E-state index contributed by atoms with van der Waals surface area (Å²) in [7, 11) is 0. The molecule has 98 valence electrons. The molecule has 0 bridgehead atoms. The first kappa shape index (κ1) is 13.4. The van der Waals surface area contributed by atoms with Crippen LogP contribution in [-0.4, -0.2) is 19.5 Å². The van der Waals surface area contributed by atoms with Gasteiger partial charge in [-0.25, -0.2) is 9.78 Å². The van der Waals surface area contributed by atoms with E-state index in [4.69, 9.17) is 23.2 Å². The zero-order valence-electron chi connectivity index (χ0n) is 9.29. The standard InChI is InChI=1S/C10H6Cl2N4O3/c11-8-2-1-6(9(12)14-8)4-15-5-7(16(18)19)3-13-10(15)17/h1-3,5H,4H2. The van der Waals surface area contributed by atoms with E-state index in [2.05, 4.69) is 9.97 Å². The van der Waals surface area contributed by atoms with Crippen molar-refractivity contribution in [3.63, 3.8) is 0 Å². The third-order valence-corrected chi connectivity index (χ3v) is 2.82. The van der Waals surface area contributed by atoms with Gasteiger partial charge in [-0.3, -0.25) is 14.7 Å². The van der Waals surface area contributed by atoms with Gasteiger partial charge in [-0.1, -0.05) is 29.3 Å². The monoisotopic (exact) mass is 300 g/mol. The van der Waals surface area contributed by atoms with Gasteiger partial charge in [-0.15, -0.1) is 0 Å². The summed E-state index contributed by atoms with van der Waals surface area (Å²) in [4.78, 5) is 28.7. The first-order chi connectivity index (χ1) is 8.97. The average molecular weight is 301 g/mol. The lowest BCUT2D eigenvalue weighted by Gasteiger charge is -2.06. The van der Waals surface area contributed by atoms with Crippen molar-refractivity contribution in [3.05, 3.63) is 61.0 Å². The number of hydrogen-bond acceptors (Lipinski definition) is 5. The lowest BCUT2D eigenvalue weighted by molar-refractivity contribution is -0.385. The molecule has 2 aromatic rings. The highest BCUT2D eigenvalue weighted by atomic mass is 35.5. The number of hydrogen-bond donors (Lipinski definition) is 0. The molecule has 7 nitrogen and oxygen atoms in total. The van der Waals surface area contributed by atoms with Gasteiger partial charge in [0.1, 0.15) is 16.5 Å². The summed E-state index contributed by atoms with van der Waals surface area (Å²) in [6.07, 6.45) is 2.00. The van der Waals surface area contributed by atoms with Crippen molar-refractivity contribution < 1.29 is 4.92 Å². The molecule has 0 spiro atoms. The maximum absolute atomic E-state index is 11.5. The first-order valence-electron chi connectivity index (χ1n) is 4.99. The van der Waals surface area contributed by atoms with Gasteiger partial charge >= 0.3 is 11.4 Å². The molecule has 19 heavy (non-hydrogen) atoms.